The van der Waals surface area contributed by atoms with Crippen molar-refractivity contribution >= 4 is 11.7 Å². The van der Waals surface area contributed by atoms with E-state index < -0.39 is 0 Å². The van der Waals surface area contributed by atoms with Crippen LogP contribution in [0.1, 0.15) is 10.4 Å². The molecule has 0 aliphatic heterocycles. The smallest absolute Gasteiger partial charge is 0.246 e. The fourth-order valence-corrected chi connectivity index (χ4v) is 1.42. The van der Waals surface area contributed by atoms with Crippen molar-refractivity contribution in [2.24, 2.45) is 0 Å². The van der Waals surface area contributed by atoms with E-state index in [-0.39, 0.29) is 30.6 Å². The third kappa shape index (κ3) is 5.98. The summed E-state index contributed by atoms with van der Waals surface area (Å²) in [6.45, 7) is 1.15. The van der Waals surface area contributed by atoms with Crippen LogP contribution in [0.5, 0.6) is 5.75 Å². The van der Waals surface area contributed by atoms with Crippen LogP contribution in [0.4, 0.5) is 0 Å². The fraction of sp³-hybridized carbons (Fsp3) is 0.385. The zero-order valence-electron chi connectivity index (χ0n) is 10.8. The molecule has 0 bridgehead atoms. The van der Waals surface area contributed by atoms with Crippen LogP contribution in [0.15, 0.2) is 24.3 Å². The topological polar surface area (TPSA) is 87.7 Å². The molecule has 0 atom stereocenters. The number of hydrogen-bond donors (Lipinski definition) is 3. The predicted octanol–water partition coefficient (Wildman–Crippen LogP) is -0.0729. The zero-order chi connectivity index (χ0) is 14.1. The summed E-state index contributed by atoms with van der Waals surface area (Å²) in [5.74, 6) is -0.122. The maximum atomic E-state index is 11.7. The predicted molar refractivity (Wildman–Crippen MR) is 70.2 cm³/mol. The second kappa shape index (κ2) is 8.23. The number of amides is 1. The second-order valence-electron chi connectivity index (χ2n) is 3.93. The molecule has 6 heteroatoms. The van der Waals surface area contributed by atoms with Gasteiger partial charge in [0.25, 0.3) is 0 Å². The molecule has 0 aliphatic carbocycles. The van der Waals surface area contributed by atoms with Gasteiger partial charge in [0.05, 0.1) is 6.54 Å². The summed E-state index contributed by atoms with van der Waals surface area (Å²) in [4.78, 5) is 22.7. The molecule has 104 valence electrons. The monoisotopic (exact) mass is 266 g/mol. The van der Waals surface area contributed by atoms with E-state index in [1.807, 2.05) is 0 Å². The van der Waals surface area contributed by atoms with Crippen molar-refractivity contribution < 1.29 is 19.4 Å². The fourth-order valence-electron chi connectivity index (χ4n) is 1.42. The number of phenols is 1. The number of phenolic OH excluding ortho intramolecular Hbond substituents is 1. The quantitative estimate of drug-likeness (QED) is 0.453. The Morgan fingerprint density at radius 2 is 1.89 bits per heavy atom. The number of benzene rings is 1. The third-order valence-electron chi connectivity index (χ3n) is 2.37. The molecule has 3 N–H and O–H groups in total. The van der Waals surface area contributed by atoms with Crippen molar-refractivity contribution in [1.29, 1.82) is 0 Å². The SMILES string of the molecule is COCC(=O)NCCNCC(=O)c1ccc(O)cc1. The Labute approximate surface area is 111 Å². The van der Waals surface area contributed by atoms with Gasteiger partial charge in [0.2, 0.25) is 5.91 Å². The van der Waals surface area contributed by atoms with Crippen LogP contribution < -0.4 is 10.6 Å². The van der Waals surface area contributed by atoms with Gasteiger partial charge in [-0.25, -0.2) is 0 Å². The molecular weight excluding hydrogens is 248 g/mol. The van der Waals surface area contributed by atoms with E-state index in [0.29, 0.717) is 18.7 Å². The van der Waals surface area contributed by atoms with Crippen LogP contribution in [0.3, 0.4) is 0 Å². The largest absolute Gasteiger partial charge is 0.508 e. The molecule has 1 rings (SSSR count). The van der Waals surface area contributed by atoms with Crippen molar-refractivity contribution in [3.05, 3.63) is 29.8 Å². The molecule has 0 unspecified atom stereocenters. The average molecular weight is 266 g/mol. The number of aromatic hydroxyl groups is 1. The van der Waals surface area contributed by atoms with Gasteiger partial charge < -0.3 is 20.5 Å². The minimum Gasteiger partial charge on any atom is -0.508 e. The second-order valence-corrected chi connectivity index (χ2v) is 3.93. The molecule has 0 saturated heterocycles. The van der Waals surface area contributed by atoms with E-state index in [4.69, 9.17) is 5.11 Å². The number of ketones is 1. The third-order valence-corrected chi connectivity index (χ3v) is 2.37. The highest BCUT2D eigenvalue weighted by atomic mass is 16.5. The highest BCUT2D eigenvalue weighted by Gasteiger charge is 2.05. The summed E-state index contributed by atoms with van der Waals surface area (Å²) in [5.41, 5.74) is 0.536. The minimum absolute atomic E-state index is 0.0342. The van der Waals surface area contributed by atoms with Gasteiger partial charge >= 0.3 is 0 Å². The normalized spacial score (nSPS) is 10.2. The maximum Gasteiger partial charge on any atom is 0.246 e. The Morgan fingerprint density at radius 3 is 2.53 bits per heavy atom. The number of ether oxygens (including phenoxy) is 1. The van der Waals surface area contributed by atoms with Gasteiger partial charge in [-0.05, 0) is 24.3 Å². The van der Waals surface area contributed by atoms with Crippen molar-refractivity contribution in [2.75, 3.05) is 33.4 Å². The van der Waals surface area contributed by atoms with Gasteiger partial charge in [-0.3, -0.25) is 9.59 Å². The van der Waals surface area contributed by atoms with Crippen molar-refractivity contribution in [1.82, 2.24) is 10.6 Å². The Balaban J connectivity index is 2.17. The van der Waals surface area contributed by atoms with Crippen LogP contribution in [0.2, 0.25) is 0 Å². The number of rotatable bonds is 8. The molecule has 6 nitrogen and oxygen atoms in total. The van der Waals surface area contributed by atoms with Crippen LogP contribution in [0.25, 0.3) is 0 Å². The van der Waals surface area contributed by atoms with Gasteiger partial charge in [-0.2, -0.15) is 0 Å². The molecule has 0 aromatic heterocycles. The van der Waals surface area contributed by atoms with E-state index in [9.17, 15) is 9.59 Å². The lowest BCUT2D eigenvalue weighted by molar-refractivity contribution is -0.124. The van der Waals surface area contributed by atoms with Crippen molar-refractivity contribution in [2.45, 2.75) is 0 Å². The first kappa shape index (κ1) is 15.1. The number of carbonyl (C=O) groups excluding carboxylic acids is 2. The first-order valence-corrected chi connectivity index (χ1v) is 5.92. The van der Waals surface area contributed by atoms with E-state index in [0.717, 1.165) is 0 Å². The Hall–Kier alpha value is -1.92. The molecular formula is C13H18N2O4. The number of hydrogen-bond acceptors (Lipinski definition) is 5. The number of methoxy groups -OCH3 is 1. The Morgan fingerprint density at radius 1 is 1.21 bits per heavy atom. The van der Waals surface area contributed by atoms with Gasteiger partial charge in [0.1, 0.15) is 12.4 Å². The van der Waals surface area contributed by atoms with Crippen LogP contribution in [-0.4, -0.2) is 50.1 Å². The van der Waals surface area contributed by atoms with Crippen molar-refractivity contribution in [3.8, 4) is 5.75 Å². The van der Waals surface area contributed by atoms with Gasteiger partial charge in [-0.15, -0.1) is 0 Å². The van der Waals surface area contributed by atoms with Crippen LogP contribution in [-0.2, 0) is 9.53 Å². The van der Waals surface area contributed by atoms with E-state index in [2.05, 4.69) is 15.4 Å². The standard InChI is InChI=1S/C13H18N2O4/c1-19-9-13(18)15-7-6-14-8-12(17)10-2-4-11(16)5-3-10/h2-5,14,16H,6-9H2,1H3,(H,15,18). The summed E-state index contributed by atoms with van der Waals surface area (Å²) < 4.78 is 4.66. The highest BCUT2D eigenvalue weighted by Crippen LogP contribution is 2.09. The van der Waals surface area contributed by atoms with Gasteiger partial charge in [-0.1, -0.05) is 0 Å². The lowest BCUT2D eigenvalue weighted by Gasteiger charge is -2.06. The molecule has 0 radical (unpaired) electrons. The zero-order valence-corrected chi connectivity index (χ0v) is 10.8. The maximum absolute atomic E-state index is 11.7. The molecule has 1 aromatic rings. The van der Waals surface area contributed by atoms with E-state index in [1.165, 1.54) is 19.2 Å². The lowest BCUT2D eigenvalue weighted by Crippen LogP contribution is -2.35. The lowest BCUT2D eigenvalue weighted by atomic mass is 10.1. The van der Waals surface area contributed by atoms with Crippen LogP contribution in [0, 0.1) is 0 Å². The van der Waals surface area contributed by atoms with Gasteiger partial charge in [0.15, 0.2) is 5.78 Å². The molecule has 0 spiro atoms. The summed E-state index contributed by atoms with van der Waals surface area (Å²) >= 11 is 0. The minimum atomic E-state index is -0.186. The van der Waals surface area contributed by atoms with E-state index >= 15 is 0 Å². The summed E-state index contributed by atoms with van der Waals surface area (Å²) in [6, 6.07) is 6.08. The summed E-state index contributed by atoms with van der Waals surface area (Å²) in [5, 5.41) is 14.7. The first-order chi connectivity index (χ1) is 9.13. The van der Waals surface area contributed by atoms with Gasteiger partial charge in [0, 0.05) is 25.8 Å². The molecule has 19 heavy (non-hydrogen) atoms. The van der Waals surface area contributed by atoms with Crippen LogP contribution >= 0.6 is 0 Å². The highest BCUT2D eigenvalue weighted by molar-refractivity contribution is 5.97. The molecule has 0 fully saturated rings. The average Bonchev–Trinajstić information content (AvgIpc) is 2.39. The first-order valence-electron chi connectivity index (χ1n) is 5.92. The summed E-state index contributed by atoms with van der Waals surface area (Å²) in [6.07, 6.45) is 0. The molecule has 0 saturated carbocycles. The number of Topliss-reactive ketones (excluding diaryl/α,β-unsaturated/α-hetero) is 1. The Kier molecular flexibility index (Phi) is 6.56. The molecule has 0 aliphatic rings. The Bertz CT molecular complexity index is 417. The summed E-state index contributed by atoms with van der Waals surface area (Å²) in [7, 11) is 1.45. The molecule has 1 aromatic carbocycles. The molecule has 0 heterocycles. The van der Waals surface area contributed by atoms with Crippen molar-refractivity contribution in [3.63, 3.8) is 0 Å². The van der Waals surface area contributed by atoms with E-state index in [1.54, 1.807) is 12.1 Å². The number of nitrogens with one attached hydrogen (secondary N) is 2. The number of carbonyl (C=O) groups is 2. The molecule has 1 amide bonds.